The standard InChI is InChI=1S/C19H12ClFN4OS/c20-14-9-12(3-5-15(14)21)24-18-13-8-11(4-6-16(13)22-10-23-18)25-19(26)17-2-1-7-27-17/h1-10H,(H,25,26)(H,22,23,24). The van der Waals surface area contributed by atoms with Crippen LogP contribution in [0.5, 0.6) is 0 Å². The summed E-state index contributed by atoms with van der Waals surface area (Å²) in [5.74, 6) is -0.149. The molecule has 27 heavy (non-hydrogen) atoms. The Morgan fingerprint density at radius 1 is 1.07 bits per heavy atom. The molecule has 0 unspecified atom stereocenters. The van der Waals surface area contributed by atoms with Crippen molar-refractivity contribution >= 4 is 56.9 Å². The molecule has 2 aromatic heterocycles. The molecular formula is C19H12ClFN4OS. The predicted molar refractivity (Wildman–Crippen MR) is 107 cm³/mol. The number of carbonyl (C=O) groups is 1. The summed E-state index contributed by atoms with van der Waals surface area (Å²) in [5, 5.41) is 8.54. The minimum absolute atomic E-state index is 0.0160. The largest absolute Gasteiger partial charge is 0.340 e. The highest BCUT2D eigenvalue weighted by molar-refractivity contribution is 7.12. The maximum atomic E-state index is 13.4. The van der Waals surface area contributed by atoms with Crippen LogP contribution in [0.2, 0.25) is 5.02 Å². The molecule has 0 aliphatic rings. The molecule has 1 amide bonds. The van der Waals surface area contributed by atoms with Crippen molar-refractivity contribution in [3.8, 4) is 0 Å². The van der Waals surface area contributed by atoms with Crippen molar-refractivity contribution in [2.24, 2.45) is 0 Å². The number of fused-ring (bicyclic) bond motifs is 1. The van der Waals surface area contributed by atoms with Crippen molar-refractivity contribution in [2.75, 3.05) is 10.6 Å². The molecule has 2 heterocycles. The number of nitrogens with zero attached hydrogens (tertiary/aromatic N) is 2. The lowest BCUT2D eigenvalue weighted by Crippen LogP contribution is -2.10. The molecule has 0 radical (unpaired) electrons. The summed E-state index contributed by atoms with van der Waals surface area (Å²) in [5.41, 5.74) is 1.92. The van der Waals surface area contributed by atoms with Crippen molar-refractivity contribution in [3.05, 3.63) is 76.0 Å². The summed E-state index contributed by atoms with van der Waals surface area (Å²) in [7, 11) is 0. The zero-order valence-electron chi connectivity index (χ0n) is 13.7. The van der Waals surface area contributed by atoms with Gasteiger partial charge in [-0.05, 0) is 47.8 Å². The van der Waals surface area contributed by atoms with Gasteiger partial charge in [0.25, 0.3) is 5.91 Å². The van der Waals surface area contributed by atoms with Gasteiger partial charge in [-0.2, -0.15) is 0 Å². The third-order valence-electron chi connectivity index (χ3n) is 3.82. The molecule has 4 aromatic rings. The number of benzene rings is 2. The first kappa shape index (κ1) is 17.4. The first-order valence-corrected chi connectivity index (χ1v) is 9.17. The molecule has 5 nitrogen and oxygen atoms in total. The van der Waals surface area contributed by atoms with Crippen molar-refractivity contribution < 1.29 is 9.18 Å². The summed E-state index contributed by atoms with van der Waals surface area (Å²) >= 11 is 7.20. The van der Waals surface area contributed by atoms with E-state index in [0.717, 1.165) is 0 Å². The van der Waals surface area contributed by atoms with Crippen LogP contribution in [-0.4, -0.2) is 15.9 Å². The number of hydrogen-bond acceptors (Lipinski definition) is 5. The SMILES string of the molecule is O=C(Nc1ccc2ncnc(Nc3ccc(F)c(Cl)c3)c2c1)c1cccs1. The van der Waals surface area contributed by atoms with Crippen LogP contribution in [0.25, 0.3) is 10.9 Å². The zero-order chi connectivity index (χ0) is 18.8. The number of hydrogen-bond donors (Lipinski definition) is 2. The van der Waals surface area contributed by atoms with Crippen LogP contribution in [0, 0.1) is 5.82 Å². The van der Waals surface area contributed by atoms with Gasteiger partial charge < -0.3 is 10.6 Å². The second-order valence-corrected chi connectivity index (χ2v) is 6.99. The Balaban J connectivity index is 1.66. The van der Waals surface area contributed by atoms with Gasteiger partial charge in [-0.1, -0.05) is 17.7 Å². The van der Waals surface area contributed by atoms with Gasteiger partial charge in [-0.25, -0.2) is 14.4 Å². The lowest BCUT2D eigenvalue weighted by atomic mass is 10.2. The maximum absolute atomic E-state index is 13.4. The first-order valence-electron chi connectivity index (χ1n) is 7.92. The van der Waals surface area contributed by atoms with Gasteiger partial charge in [0.2, 0.25) is 0 Å². The van der Waals surface area contributed by atoms with Gasteiger partial charge in [0.05, 0.1) is 15.4 Å². The Hall–Kier alpha value is -3.03. The normalized spacial score (nSPS) is 10.7. The molecule has 2 aromatic carbocycles. The average Bonchev–Trinajstić information content (AvgIpc) is 3.20. The summed E-state index contributed by atoms with van der Waals surface area (Å²) in [4.78, 5) is 21.4. The van der Waals surface area contributed by atoms with Gasteiger partial charge in [0, 0.05) is 16.8 Å². The lowest BCUT2D eigenvalue weighted by Gasteiger charge is -2.10. The van der Waals surface area contributed by atoms with Crippen molar-refractivity contribution in [3.63, 3.8) is 0 Å². The third kappa shape index (κ3) is 3.74. The average molecular weight is 399 g/mol. The van der Waals surface area contributed by atoms with E-state index in [2.05, 4.69) is 20.6 Å². The Morgan fingerprint density at radius 2 is 1.93 bits per heavy atom. The highest BCUT2D eigenvalue weighted by atomic mass is 35.5. The van der Waals surface area contributed by atoms with E-state index in [1.807, 2.05) is 11.4 Å². The van der Waals surface area contributed by atoms with Crippen LogP contribution in [-0.2, 0) is 0 Å². The molecule has 0 bridgehead atoms. The van der Waals surface area contributed by atoms with Crippen molar-refractivity contribution in [2.45, 2.75) is 0 Å². The smallest absolute Gasteiger partial charge is 0.265 e. The monoisotopic (exact) mass is 398 g/mol. The van der Waals surface area contributed by atoms with Gasteiger partial charge in [-0.15, -0.1) is 11.3 Å². The van der Waals surface area contributed by atoms with Gasteiger partial charge in [0.15, 0.2) is 0 Å². The van der Waals surface area contributed by atoms with E-state index < -0.39 is 5.82 Å². The second-order valence-electron chi connectivity index (χ2n) is 5.64. The van der Waals surface area contributed by atoms with Crippen LogP contribution in [0.3, 0.4) is 0 Å². The molecule has 4 rings (SSSR count). The molecule has 0 atom stereocenters. The number of rotatable bonds is 4. The van der Waals surface area contributed by atoms with Crippen LogP contribution in [0.4, 0.5) is 21.6 Å². The molecule has 2 N–H and O–H groups in total. The predicted octanol–water partition coefficient (Wildman–Crippen LogP) is 5.48. The molecule has 0 saturated carbocycles. The summed E-state index contributed by atoms with van der Waals surface area (Å²) < 4.78 is 13.4. The number of nitrogens with one attached hydrogen (secondary N) is 2. The van der Waals surface area contributed by atoms with Gasteiger partial charge in [-0.3, -0.25) is 4.79 Å². The fourth-order valence-corrected chi connectivity index (χ4v) is 3.34. The van der Waals surface area contributed by atoms with Crippen molar-refractivity contribution in [1.82, 2.24) is 9.97 Å². The van der Waals surface area contributed by atoms with E-state index in [4.69, 9.17) is 11.6 Å². The summed E-state index contributed by atoms with van der Waals surface area (Å²) in [6.07, 6.45) is 1.43. The van der Waals surface area contributed by atoms with Crippen molar-refractivity contribution in [1.29, 1.82) is 0 Å². The Morgan fingerprint density at radius 3 is 2.70 bits per heavy atom. The number of carbonyl (C=O) groups excluding carboxylic acids is 1. The van der Waals surface area contributed by atoms with E-state index in [9.17, 15) is 9.18 Å². The number of halogens is 2. The first-order chi connectivity index (χ1) is 13.1. The fraction of sp³-hybridized carbons (Fsp3) is 0. The molecule has 134 valence electrons. The molecule has 0 saturated heterocycles. The minimum Gasteiger partial charge on any atom is -0.340 e. The fourth-order valence-electron chi connectivity index (χ4n) is 2.55. The highest BCUT2D eigenvalue weighted by Crippen LogP contribution is 2.28. The summed E-state index contributed by atoms with van der Waals surface area (Å²) in [6.45, 7) is 0. The highest BCUT2D eigenvalue weighted by Gasteiger charge is 2.10. The van der Waals surface area contributed by atoms with Gasteiger partial charge in [0.1, 0.15) is 18.0 Å². The van der Waals surface area contributed by atoms with E-state index in [-0.39, 0.29) is 10.9 Å². The van der Waals surface area contributed by atoms with Crippen LogP contribution in [0.1, 0.15) is 9.67 Å². The zero-order valence-corrected chi connectivity index (χ0v) is 15.3. The number of thiophene rings is 1. The Labute approximate surface area is 162 Å². The quantitative estimate of drug-likeness (QED) is 0.477. The van der Waals surface area contributed by atoms with Crippen LogP contribution >= 0.6 is 22.9 Å². The van der Waals surface area contributed by atoms with E-state index in [0.29, 0.717) is 33.0 Å². The maximum Gasteiger partial charge on any atom is 0.265 e. The topological polar surface area (TPSA) is 66.9 Å². The molecular weight excluding hydrogens is 387 g/mol. The molecule has 8 heteroatoms. The second kappa shape index (κ2) is 7.30. The molecule has 0 fully saturated rings. The Kier molecular flexibility index (Phi) is 4.70. The number of amides is 1. The van der Waals surface area contributed by atoms with Gasteiger partial charge >= 0.3 is 0 Å². The van der Waals surface area contributed by atoms with Crippen LogP contribution in [0.15, 0.2) is 60.2 Å². The number of anilines is 3. The van der Waals surface area contributed by atoms with E-state index >= 15 is 0 Å². The van der Waals surface area contributed by atoms with E-state index in [1.54, 1.807) is 30.3 Å². The lowest BCUT2D eigenvalue weighted by molar-refractivity contribution is 0.103. The van der Waals surface area contributed by atoms with E-state index in [1.165, 1.54) is 29.8 Å². The number of aromatic nitrogens is 2. The molecule has 0 aliphatic carbocycles. The van der Waals surface area contributed by atoms with Crippen LogP contribution < -0.4 is 10.6 Å². The third-order valence-corrected chi connectivity index (χ3v) is 4.98. The minimum atomic E-state index is -0.492. The molecule has 0 aliphatic heterocycles. The summed E-state index contributed by atoms with van der Waals surface area (Å²) in [6, 6.07) is 13.3. The Bertz CT molecular complexity index is 1130. The molecule has 0 spiro atoms.